The number of nitrogens with one attached hydrogen (secondary N) is 1. The van der Waals surface area contributed by atoms with Crippen LogP contribution in [0.3, 0.4) is 0 Å². The molecule has 0 atom stereocenters. The Morgan fingerprint density at radius 2 is 1.83 bits per heavy atom. The normalized spacial score (nSPS) is 16.4. The molecule has 1 fully saturated rings. The number of carbonyl (C=O) groups is 1. The van der Waals surface area contributed by atoms with Crippen molar-refractivity contribution in [3.05, 3.63) is 48.5 Å². The standard InChI is InChI=1S/C20H24N2O2/c1-24-18-11-4-3-10-17(18)15-8-7-9-16(14-15)22-19(23)20(21)12-5-2-6-13-20/h3-4,7-11,14H,2,5-6,12-13,21H2,1H3,(H,22,23). The number of carbonyl (C=O) groups excluding carboxylic acids is 1. The zero-order chi connectivity index (χ0) is 17.0. The molecular weight excluding hydrogens is 300 g/mol. The number of hydrogen-bond donors (Lipinski definition) is 2. The summed E-state index contributed by atoms with van der Waals surface area (Å²) in [6.07, 6.45) is 4.71. The fourth-order valence-electron chi connectivity index (χ4n) is 3.31. The summed E-state index contributed by atoms with van der Waals surface area (Å²) in [5, 5.41) is 3.00. The number of anilines is 1. The van der Waals surface area contributed by atoms with Gasteiger partial charge in [-0.05, 0) is 36.6 Å². The highest BCUT2D eigenvalue weighted by molar-refractivity contribution is 5.98. The van der Waals surface area contributed by atoms with Gasteiger partial charge < -0.3 is 15.8 Å². The van der Waals surface area contributed by atoms with Crippen LogP contribution in [-0.4, -0.2) is 18.6 Å². The molecule has 0 aromatic heterocycles. The van der Waals surface area contributed by atoms with Gasteiger partial charge in [-0.3, -0.25) is 4.79 Å². The number of amides is 1. The van der Waals surface area contributed by atoms with Gasteiger partial charge in [0.15, 0.2) is 0 Å². The minimum absolute atomic E-state index is 0.0839. The highest BCUT2D eigenvalue weighted by Crippen LogP contribution is 2.32. The molecule has 1 aliphatic rings. The molecule has 0 radical (unpaired) electrons. The average molecular weight is 324 g/mol. The first-order valence-electron chi connectivity index (χ1n) is 8.46. The predicted molar refractivity (Wildman–Crippen MR) is 97.1 cm³/mol. The molecule has 0 saturated heterocycles. The average Bonchev–Trinajstić information content (AvgIpc) is 2.62. The van der Waals surface area contributed by atoms with E-state index >= 15 is 0 Å². The van der Waals surface area contributed by atoms with Gasteiger partial charge in [-0.15, -0.1) is 0 Å². The van der Waals surface area contributed by atoms with Gasteiger partial charge >= 0.3 is 0 Å². The lowest BCUT2D eigenvalue weighted by atomic mass is 9.82. The number of ether oxygens (including phenoxy) is 1. The maximum absolute atomic E-state index is 12.6. The molecule has 2 aromatic carbocycles. The third-order valence-corrected chi connectivity index (χ3v) is 4.74. The van der Waals surface area contributed by atoms with Crippen LogP contribution < -0.4 is 15.8 Å². The van der Waals surface area contributed by atoms with Crippen LogP contribution in [0.15, 0.2) is 48.5 Å². The molecule has 4 heteroatoms. The Hall–Kier alpha value is -2.33. The molecular formula is C20H24N2O2. The molecule has 1 amide bonds. The summed E-state index contributed by atoms with van der Waals surface area (Å²) in [4.78, 5) is 12.6. The molecule has 126 valence electrons. The van der Waals surface area contributed by atoms with E-state index in [0.29, 0.717) is 0 Å². The summed E-state index contributed by atoms with van der Waals surface area (Å²) in [6.45, 7) is 0. The van der Waals surface area contributed by atoms with Gasteiger partial charge in [0.25, 0.3) is 0 Å². The minimum Gasteiger partial charge on any atom is -0.496 e. The molecule has 0 spiro atoms. The molecule has 0 aliphatic heterocycles. The van der Waals surface area contributed by atoms with E-state index in [0.717, 1.165) is 54.7 Å². The number of benzene rings is 2. The molecule has 0 unspecified atom stereocenters. The smallest absolute Gasteiger partial charge is 0.244 e. The van der Waals surface area contributed by atoms with Gasteiger partial charge in [0.1, 0.15) is 5.75 Å². The van der Waals surface area contributed by atoms with E-state index in [1.165, 1.54) is 0 Å². The van der Waals surface area contributed by atoms with Crippen LogP contribution in [0.2, 0.25) is 0 Å². The Bertz CT molecular complexity index is 721. The second-order valence-electron chi connectivity index (χ2n) is 6.45. The van der Waals surface area contributed by atoms with E-state index in [4.69, 9.17) is 10.5 Å². The maximum atomic E-state index is 12.6. The SMILES string of the molecule is COc1ccccc1-c1cccc(NC(=O)C2(N)CCCCC2)c1. The van der Waals surface area contributed by atoms with Crippen LogP contribution >= 0.6 is 0 Å². The van der Waals surface area contributed by atoms with E-state index in [1.807, 2.05) is 48.5 Å². The lowest BCUT2D eigenvalue weighted by Crippen LogP contribution is -2.52. The molecule has 4 nitrogen and oxygen atoms in total. The molecule has 0 bridgehead atoms. The third kappa shape index (κ3) is 3.44. The van der Waals surface area contributed by atoms with E-state index in [9.17, 15) is 4.79 Å². The molecule has 2 aromatic rings. The fourth-order valence-corrected chi connectivity index (χ4v) is 3.31. The summed E-state index contributed by atoms with van der Waals surface area (Å²) >= 11 is 0. The fraction of sp³-hybridized carbons (Fsp3) is 0.350. The van der Waals surface area contributed by atoms with Crippen LogP contribution in [0.4, 0.5) is 5.69 Å². The first kappa shape index (κ1) is 16.5. The molecule has 24 heavy (non-hydrogen) atoms. The van der Waals surface area contributed by atoms with Gasteiger partial charge in [0.2, 0.25) is 5.91 Å². The van der Waals surface area contributed by atoms with E-state index < -0.39 is 5.54 Å². The summed E-state index contributed by atoms with van der Waals surface area (Å²) in [6, 6.07) is 15.6. The Morgan fingerprint density at radius 1 is 1.08 bits per heavy atom. The van der Waals surface area contributed by atoms with Crippen LogP contribution in [0, 0.1) is 0 Å². The Kier molecular flexibility index (Phi) is 4.86. The topological polar surface area (TPSA) is 64.3 Å². The van der Waals surface area contributed by atoms with Crippen molar-refractivity contribution in [3.63, 3.8) is 0 Å². The predicted octanol–water partition coefficient (Wildman–Crippen LogP) is 3.96. The number of methoxy groups -OCH3 is 1. The van der Waals surface area contributed by atoms with Gasteiger partial charge in [0, 0.05) is 11.3 Å². The first-order chi connectivity index (χ1) is 11.6. The van der Waals surface area contributed by atoms with Crippen LogP contribution in [0.25, 0.3) is 11.1 Å². The van der Waals surface area contributed by atoms with E-state index in [-0.39, 0.29) is 5.91 Å². The van der Waals surface area contributed by atoms with Crippen molar-refractivity contribution >= 4 is 11.6 Å². The number of para-hydroxylation sites is 1. The van der Waals surface area contributed by atoms with Crippen molar-refractivity contribution in [2.24, 2.45) is 5.73 Å². The quantitative estimate of drug-likeness (QED) is 0.894. The number of hydrogen-bond acceptors (Lipinski definition) is 3. The van der Waals surface area contributed by atoms with Crippen molar-refractivity contribution in [1.82, 2.24) is 0 Å². The summed E-state index contributed by atoms with van der Waals surface area (Å²) in [7, 11) is 1.66. The molecule has 1 aliphatic carbocycles. The van der Waals surface area contributed by atoms with Crippen LogP contribution in [0.1, 0.15) is 32.1 Å². The summed E-state index contributed by atoms with van der Waals surface area (Å²) in [5.41, 5.74) is 8.34. The highest BCUT2D eigenvalue weighted by Gasteiger charge is 2.35. The van der Waals surface area contributed by atoms with Crippen molar-refractivity contribution in [1.29, 1.82) is 0 Å². The van der Waals surface area contributed by atoms with Crippen molar-refractivity contribution in [2.75, 3.05) is 12.4 Å². The number of nitrogens with two attached hydrogens (primary N) is 1. The second-order valence-corrected chi connectivity index (χ2v) is 6.45. The third-order valence-electron chi connectivity index (χ3n) is 4.74. The zero-order valence-electron chi connectivity index (χ0n) is 14.0. The lowest BCUT2D eigenvalue weighted by Gasteiger charge is -2.31. The lowest BCUT2D eigenvalue weighted by molar-refractivity contribution is -0.122. The van der Waals surface area contributed by atoms with Crippen molar-refractivity contribution in [3.8, 4) is 16.9 Å². The maximum Gasteiger partial charge on any atom is 0.244 e. The first-order valence-corrected chi connectivity index (χ1v) is 8.46. The van der Waals surface area contributed by atoms with Crippen LogP contribution in [-0.2, 0) is 4.79 Å². The van der Waals surface area contributed by atoms with Crippen molar-refractivity contribution < 1.29 is 9.53 Å². The zero-order valence-corrected chi connectivity index (χ0v) is 14.0. The van der Waals surface area contributed by atoms with Gasteiger partial charge in [-0.2, -0.15) is 0 Å². The van der Waals surface area contributed by atoms with E-state index in [2.05, 4.69) is 5.32 Å². The van der Waals surface area contributed by atoms with Crippen LogP contribution in [0.5, 0.6) is 5.75 Å². The highest BCUT2D eigenvalue weighted by atomic mass is 16.5. The monoisotopic (exact) mass is 324 g/mol. The summed E-state index contributed by atoms with van der Waals surface area (Å²) < 4.78 is 5.42. The molecule has 0 heterocycles. The summed E-state index contributed by atoms with van der Waals surface area (Å²) in [5.74, 6) is 0.725. The number of rotatable bonds is 4. The molecule has 3 N–H and O–H groups in total. The molecule has 1 saturated carbocycles. The second kappa shape index (κ2) is 7.05. The Balaban J connectivity index is 1.82. The molecule has 3 rings (SSSR count). The van der Waals surface area contributed by atoms with Gasteiger partial charge in [-0.1, -0.05) is 49.6 Å². The van der Waals surface area contributed by atoms with Gasteiger partial charge in [-0.25, -0.2) is 0 Å². The Labute approximate surface area is 143 Å². The Morgan fingerprint density at radius 3 is 2.58 bits per heavy atom. The largest absolute Gasteiger partial charge is 0.496 e. The van der Waals surface area contributed by atoms with E-state index in [1.54, 1.807) is 7.11 Å². The minimum atomic E-state index is -0.737. The van der Waals surface area contributed by atoms with Gasteiger partial charge in [0.05, 0.1) is 12.6 Å². The van der Waals surface area contributed by atoms with Crippen molar-refractivity contribution in [2.45, 2.75) is 37.6 Å².